The summed E-state index contributed by atoms with van der Waals surface area (Å²) in [4.78, 5) is 27.1. The minimum atomic E-state index is -0.0331. The van der Waals surface area contributed by atoms with Crippen molar-refractivity contribution in [1.29, 1.82) is 0 Å². The predicted octanol–water partition coefficient (Wildman–Crippen LogP) is 3.05. The second-order valence-corrected chi connectivity index (χ2v) is 9.03. The van der Waals surface area contributed by atoms with Crippen molar-refractivity contribution in [3.8, 4) is 22.6 Å². The molecule has 5 heterocycles. The second kappa shape index (κ2) is 8.34. The highest BCUT2D eigenvalue weighted by atomic mass is 16.5. The molecule has 0 unspecified atom stereocenters. The average Bonchev–Trinajstić information content (AvgIpc) is 3.66. The molecule has 2 bridgehead atoms. The van der Waals surface area contributed by atoms with Gasteiger partial charge in [-0.05, 0) is 48.7 Å². The summed E-state index contributed by atoms with van der Waals surface area (Å²) in [7, 11) is 0. The smallest absolute Gasteiger partial charge is 0.272 e. The van der Waals surface area contributed by atoms with Crippen molar-refractivity contribution >= 4 is 16.8 Å². The number of carbonyl (C=O) groups excluding carboxylic acids is 1. The molecule has 0 spiro atoms. The van der Waals surface area contributed by atoms with Gasteiger partial charge in [0.2, 0.25) is 0 Å². The fourth-order valence-corrected chi connectivity index (χ4v) is 5.01. The molecule has 174 valence electrons. The van der Waals surface area contributed by atoms with E-state index in [1.54, 1.807) is 6.20 Å². The third-order valence-corrected chi connectivity index (χ3v) is 6.95. The average molecular weight is 458 g/mol. The zero-order valence-electron chi connectivity index (χ0n) is 19.3. The van der Waals surface area contributed by atoms with Crippen LogP contribution in [0.2, 0.25) is 0 Å². The number of pyridine rings is 1. The molecule has 9 heteroatoms. The highest BCUT2D eigenvalue weighted by molar-refractivity contribution is 5.96. The van der Waals surface area contributed by atoms with E-state index in [0.29, 0.717) is 30.4 Å². The van der Waals surface area contributed by atoms with Gasteiger partial charge in [0.25, 0.3) is 5.91 Å². The van der Waals surface area contributed by atoms with Gasteiger partial charge in [0, 0.05) is 36.4 Å². The molecule has 0 saturated carbocycles. The molecule has 2 fully saturated rings. The Morgan fingerprint density at radius 3 is 3.00 bits per heavy atom. The van der Waals surface area contributed by atoms with Crippen LogP contribution in [-0.2, 0) is 11.3 Å². The van der Waals surface area contributed by atoms with E-state index in [1.165, 1.54) is 11.1 Å². The zero-order valence-corrected chi connectivity index (χ0v) is 19.3. The van der Waals surface area contributed by atoms with Crippen LogP contribution in [0.5, 0.6) is 0 Å². The van der Waals surface area contributed by atoms with E-state index in [4.69, 9.17) is 4.74 Å². The van der Waals surface area contributed by atoms with Crippen molar-refractivity contribution in [3.05, 3.63) is 53.6 Å². The normalized spacial score (nSPS) is 19.4. The number of imidazole rings is 1. The van der Waals surface area contributed by atoms with Crippen molar-refractivity contribution in [2.75, 3.05) is 19.7 Å². The van der Waals surface area contributed by atoms with Gasteiger partial charge < -0.3 is 19.9 Å². The van der Waals surface area contributed by atoms with Crippen LogP contribution >= 0.6 is 0 Å². The third kappa shape index (κ3) is 3.48. The molecule has 2 aliphatic rings. The first-order valence-corrected chi connectivity index (χ1v) is 11.7. The molecule has 0 radical (unpaired) electrons. The number of amides is 1. The SMILES string of the molecule is CCNCc1cncc(-c2ccc3[nH]nc(-c4ncc(C(=O)N5C[C@@H]6C[C@H]5CO6)[nH]4)c3c2)c1C. The molecule has 9 nitrogen and oxygen atoms in total. The lowest BCUT2D eigenvalue weighted by atomic mass is 9.98. The number of ether oxygens (including phenoxy) is 1. The highest BCUT2D eigenvalue weighted by Gasteiger charge is 2.42. The molecule has 3 N–H and O–H groups in total. The van der Waals surface area contributed by atoms with Crippen molar-refractivity contribution < 1.29 is 9.53 Å². The predicted molar refractivity (Wildman–Crippen MR) is 128 cm³/mol. The minimum Gasteiger partial charge on any atom is -0.374 e. The minimum absolute atomic E-state index is 0.0331. The molecule has 34 heavy (non-hydrogen) atoms. The van der Waals surface area contributed by atoms with Crippen LogP contribution in [0.25, 0.3) is 33.5 Å². The van der Waals surface area contributed by atoms with E-state index in [-0.39, 0.29) is 18.1 Å². The number of aromatic amines is 2. The Labute approximate surface area is 196 Å². The summed E-state index contributed by atoms with van der Waals surface area (Å²) in [5.74, 6) is 0.539. The summed E-state index contributed by atoms with van der Waals surface area (Å²) in [6.45, 7) is 7.19. The number of nitrogens with zero attached hydrogens (tertiary/aromatic N) is 4. The van der Waals surface area contributed by atoms with Gasteiger partial charge in [-0.1, -0.05) is 13.0 Å². The van der Waals surface area contributed by atoms with Crippen molar-refractivity contribution in [2.45, 2.75) is 39.0 Å². The van der Waals surface area contributed by atoms with Crippen LogP contribution in [0.1, 0.15) is 35.0 Å². The summed E-state index contributed by atoms with van der Waals surface area (Å²) in [6, 6.07) is 6.37. The van der Waals surface area contributed by atoms with Crippen LogP contribution in [-0.4, -0.2) is 67.8 Å². The summed E-state index contributed by atoms with van der Waals surface area (Å²) in [6.07, 6.45) is 6.52. The highest BCUT2D eigenvalue weighted by Crippen LogP contribution is 2.32. The van der Waals surface area contributed by atoms with Crippen LogP contribution in [0.4, 0.5) is 0 Å². The topological polar surface area (TPSA) is 112 Å². The molecule has 6 rings (SSSR count). The Hall–Kier alpha value is -3.56. The number of likely N-dealkylation sites (tertiary alicyclic amines) is 1. The molecular formula is C25H27N7O2. The maximum absolute atomic E-state index is 13.0. The van der Waals surface area contributed by atoms with Gasteiger partial charge in [-0.2, -0.15) is 5.10 Å². The molecule has 2 saturated heterocycles. The Kier molecular flexibility index (Phi) is 5.15. The van der Waals surface area contributed by atoms with E-state index in [0.717, 1.165) is 41.5 Å². The fourth-order valence-electron chi connectivity index (χ4n) is 5.01. The van der Waals surface area contributed by atoms with Crippen molar-refractivity contribution in [1.82, 2.24) is 35.4 Å². The molecule has 2 atom stereocenters. The van der Waals surface area contributed by atoms with Crippen LogP contribution in [0.3, 0.4) is 0 Å². The number of carbonyl (C=O) groups is 1. The van der Waals surface area contributed by atoms with Gasteiger partial charge in [-0.3, -0.25) is 14.9 Å². The largest absolute Gasteiger partial charge is 0.374 e. The van der Waals surface area contributed by atoms with Crippen molar-refractivity contribution in [3.63, 3.8) is 0 Å². The van der Waals surface area contributed by atoms with Crippen LogP contribution in [0, 0.1) is 6.92 Å². The van der Waals surface area contributed by atoms with Gasteiger partial charge in [-0.15, -0.1) is 0 Å². The summed E-state index contributed by atoms with van der Waals surface area (Å²) >= 11 is 0. The Balaban J connectivity index is 1.32. The first-order chi connectivity index (χ1) is 16.6. The number of nitrogens with one attached hydrogen (secondary N) is 3. The molecule has 3 aromatic heterocycles. The molecule has 2 aliphatic heterocycles. The van der Waals surface area contributed by atoms with E-state index < -0.39 is 0 Å². The van der Waals surface area contributed by atoms with Crippen molar-refractivity contribution in [2.24, 2.45) is 0 Å². The molecule has 1 aromatic carbocycles. The molecule has 1 amide bonds. The fraction of sp³-hybridized carbons (Fsp3) is 0.360. The maximum Gasteiger partial charge on any atom is 0.272 e. The van der Waals surface area contributed by atoms with Gasteiger partial charge in [0.1, 0.15) is 11.4 Å². The lowest BCUT2D eigenvalue weighted by molar-refractivity contribution is 0.0256. The first kappa shape index (κ1) is 21.0. The van der Waals surface area contributed by atoms with Crippen LogP contribution in [0.15, 0.2) is 36.8 Å². The summed E-state index contributed by atoms with van der Waals surface area (Å²) in [5.41, 5.74) is 6.62. The number of hydrogen-bond acceptors (Lipinski definition) is 6. The van der Waals surface area contributed by atoms with E-state index in [1.807, 2.05) is 23.4 Å². The number of fused-ring (bicyclic) bond motifs is 3. The Bertz CT molecular complexity index is 1370. The van der Waals surface area contributed by atoms with E-state index >= 15 is 0 Å². The summed E-state index contributed by atoms with van der Waals surface area (Å²) < 4.78 is 5.62. The second-order valence-electron chi connectivity index (χ2n) is 9.03. The van der Waals surface area contributed by atoms with Gasteiger partial charge >= 0.3 is 0 Å². The number of aromatic nitrogens is 5. The van der Waals surface area contributed by atoms with E-state index in [9.17, 15) is 4.79 Å². The number of hydrogen-bond donors (Lipinski definition) is 3. The number of H-pyrrole nitrogens is 2. The molecular weight excluding hydrogens is 430 g/mol. The number of rotatable bonds is 6. The molecule has 4 aromatic rings. The Morgan fingerprint density at radius 2 is 2.21 bits per heavy atom. The van der Waals surface area contributed by atoms with Crippen LogP contribution < -0.4 is 5.32 Å². The lowest BCUT2D eigenvalue weighted by Gasteiger charge is -2.26. The molecule has 0 aliphatic carbocycles. The third-order valence-electron chi connectivity index (χ3n) is 6.95. The van der Waals surface area contributed by atoms with Gasteiger partial charge in [0.15, 0.2) is 5.82 Å². The van der Waals surface area contributed by atoms with Gasteiger partial charge in [0.05, 0.1) is 30.5 Å². The van der Waals surface area contributed by atoms with Gasteiger partial charge in [-0.25, -0.2) is 4.98 Å². The zero-order chi connectivity index (χ0) is 23.2. The number of morpholine rings is 1. The standard InChI is InChI=1S/C25H27N7O2/c1-3-26-8-16-9-27-10-20(14(16)2)15-4-5-21-19(6-15)23(31-30-21)24-28-11-22(29-24)25(33)32-12-18-7-17(32)13-34-18/h4-6,9-11,17-18,26H,3,7-8,12-13H2,1-2H3,(H,28,29)(H,30,31)/t17-,18-/m0/s1. The lowest BCUT2D eigenvalue weighted by Crippen LogP contribution is -2.41. The number of benzene rings is 1. The first-order valence-electron chi connectivity index (χ1n) is 11.7. The summed E-state index contributed by atoms with van der Waals surface area (Å²) in [5, 5.41) is 11.9. The quantitative estimate of drug-likeness (QED) is 0.410. The van der Waals surface area contributed by atoms with E-state index in [2.05, 4.69) is 56.4 Å². The Morgan fingerprint density at radius 1 is 1.29 bits per heavy atom. The maximum atomic E-state index is 13.0. The monoisotopic (exact) mass is 457 g/mol.